The van der Waals surface area contributed by atoms with E-state index in [0.29, 0.717) is 0 Å². The van der Waals surface area contributed by atoms with Crippen molar-refractivity contribution in [3.05, 3.63) is 0 Å². The summed E-state index contributed by atoms with van der Waals surface area (Å²) in [4.78, 5) is 22.4. The minimum atomic E-state index is -0.854. The fraction of sp³-hybridized carbons (Fsp3) is 0.800. The molecule has 0 amide bonds. The van der Waals surface area contributed by atoms with Crippen molar-refractivity contribution in [3.8, 4) is 0 Å². The van der Waals surface area contributed by atoms with Gasteiger partial charge >= 0.3 is 0 Å². The van der Waals surface area contributed by atoms with Gasteiger partial charge in [0.15, 0.2) is 0 Å². The highest BCUT2D eigenvalue weighted by molar-refractivity contribution is 5.87. The molecule has 0 aromatic heterocycles. The summed E-state index contributed by atoms with van der Waals surface area (Å²) in [6.45, 7) is 4.06. The first-order valence-electron chi connectivity index (χ1n) is 4.71. The van der Waals surface area contributed by atoms with E-state index in [-0.39, 0.29) is 24.6 Å². The first kappa shape index (κ1) is 13.3. The summed E-state index contributed by atoms with van der Waals surface area (Å²) < 4.78 is 0. The highest BCUT2D eigenvalue weighted by Crippen LogP contribution is 2.21. The fourth-order valence-corrected chi connectivity index (χ4v) is 1.73. The zero-order chi connectivity index (χ0) is 11.3. The van der Waals surface area contributed by atoms with E-state index in [2.05, 4.69) is 0 Å². The van der Waals surface area contributed by atoms with Gasteiger partial charge in [-0.2, -0.15) is 0 Å². The van der Waals surface area contributed by atoms with Crippen LogP contribution in [0.5, 0.6) is 0 Å². The van der Waals surface area contributed by atoms with Crippen molar-refractivity contribution >= 4 is 11.6 Å². The summed E-state index contributed by atoms with van der Waals surface area (Å²) in [6.07, 6.45) is -0.627. The van der Waals surface area contributed by atoms with Crippen LogP contribution in [0.1, 0.15) is 27.2 Å². The molecule has 4 heteroatoms. The molecule has 82 valence electrons. The molecule has 4 nitrogen and oxygen atoms in total. The summed E-state index contributed by atoms with van der Waals surface area (Å²) in [5.41, 5.74) is 0. The number of aliphatic hydroxyl groups excluding tert-OH is 2. The predicted octanol–water partition coefficient (Wildman–Crippen LogP) is 0.160. The smallest absolute Gasteiger partial charge is 0.136 e. The van der Waals surface area contributed by atoms with Gasteiger partial charge in [-0.25, -0.2) is 0 Å². The lowest BCUT2D eigenvalue weighted by Crippen LogP contribution is -2.35. The zero-order valence-corrected chi connectivity index (χ0v) is 8.86. The van der Waals surface area contributed by atoms with E-state index in [9.17, 15) is 14.7 Å². The second-order valence-corrected chi connectivity index (χ2v) is 3.61. The lowest BCUT2D eigenvalue weighted by Gasteiger charge is -2.24. The quantitative estimate of drug-likeness (QED) is 0.643. The van der Waals surface area contributed by atoms with Crippen LogP contribution in [0.2, 0.25) is 0 Å². The third kappa shape index (κ3) is 3.55. The van der Waals surface area contributed by atoms with Gasteiger partial charge in [0, 0.05) is 12.5 Å². The highest BCUT2D eigenvalue weighted by atomic mass is 16.3. The van der Waals surface area contributed by atoms with Crippen LogP contribution >= 0.6 is 0 Å². The number of carbonyl (C=O) groups is 2. The third-order valence-corrected chi connectivity index (χ3v) is 2.38. The lowest BCUT2D eigenvalue weighted by molar-refractivity contribution is -0.134. The average molecular weight is 202 g/mol. The summed E-state index contributed by atoms with van der Waals surface area (Å²) in [7, 11) is 0. The molecule has 0 fully saturated rings. The first-order chi connectivity index (χ1) is 6.41. The van der Waals surface area contributed by atoms with Crippen LogP contribution in [0, 0.1) is 11.8 Å². The number of hydrogen-bond acceptors (Lipinski definition) is 4. The van der Waals surface area contributed by atoms with E-state index >= 15 is 0 Å². The molecule has 3 atom stereocenters. The Bertz CT molecular complexity index is 210. The molecule has 0 saturated heterocycles. The molecule has 0 aliphatic heterocycles. The molecule has 0 aliphatic rings. The molecule has 3 unspecified atom stereocenters. The monoisotopic (exact) mass is 202 g/mol. The van der Waals surface area contributed by atoms with Crippen LogP contribution in [0.3, 0.4) is 0 Å². The maximum atomic E-state index is 11.2. The van der Waals surface area contributed by atoms with Gasteiger partial charge in [0.2, 0.25) is 0 Å². The highest BCUT2D eigenvalue weighted by Gasteiger charge is 2.32. The van der Waals surface area contributed by atoms with Crippen LogP contribution < -0.4 is 0 Å². The van der Waals surface area contributed by atoms with Gasteiger partial charge in [-0.15, -0.1) is 0 Å². The van der Waals surface area contributed by atoms with Gasteiger partial charge in [-0.3, -0.25) is 9.59 Å². The maximum absolute atomic E-state index is 11.2. The number of carbonyl (C=O) groups excluding carboxylic acids is 2. The molecule has 0 bridgehead atoms. The Kier molecular flexibility index (Phi) is 5.57. The molecule has 0 aliphatic carbocycles. The van der Waals surface area contributed by atoms with Crippen LogP contribution in [-0.4, -0.2) is 34.5 Å². The second-order valence-electron chi connectivity index (χ2n) is 3.61. The Morgan fingerprint density at radius 2 is 1.71 bits per heavy atom. The fourth-order valence-electron chi connectivity index (χ4n) is 1.73. The number of Topliss-reactive ketones (excluding diaryl/α,β-unsaturated/α-hetero) is 2. The van der Waals surface area contributed by atoms with Gasteiger partial charge in [-0.1, -0.05) is 0 Å². The summed E-state index contributed by atoms with van der Waals surface area (Å²) >= 11 is 0. The largest absolute Gasteiger partial charge is 0.396 e. The Morgan fingerprint density at radius 3 is 1.93 bits per heavy atom. The van der Waals surface area contributed by atoms with Crippen molar-refractivity contribution in [3.63, 3.8) is 0 Å². The Balaban J connectivity index is 4.73. The van der Waals surface area contributed by atoms with E-state index in [0.717, 1.165) is 0 Å². The van der Waals surface area contributed by atoms with Gasteiger partial charge in [-0.05, 0) is 27.2 Å². The molecule has 0 aromatic rings. The number of ketones is 2. The second kappa shape index (κ2) is 5.88. The molecule has 14 heavy (non-hydrogen) atoms. The molecule has 0 saturated carbocycles. The maximum Gasteiger partial charge on any atom is 0.136 e. The van der Waals surface area contributed by atoms with Gasteiger partial charge in [0.25, 0.3) is 0 Å². The van der Waals surface area contributed by atoms with Crippen molar-refractivity contribution in [2.24, 2.45) is 11.8 Å². The molecule has 0 aromatic carbocycles. The van der Waals surface area contributed by atoms with E-state index in [1.807, 2.05) is 0 Å². The normalized spacial score (nSPS) is 17.2. The minimum Gasteiger partial charge on any atom is -0.396 e. The predicted molar refractivity (Wildman–Crippen MR) is 51.7 cm³/mol. The molecular weight excluding hydrogens is 184 g/mol. The van der Waals surface area contributed by atoms with Gasteiger partial charge < -0.3 is 10.2 Å². The van der Waals surface area contributed by atoms with E-state index in [1.165, 1.54) is 20.8 Å². The lowest BCUT2D eigenvalue weighted by atomic mass is 9.81. The summed E-state index contributed by atoms with van der Waals surface area (Å²) in [5.74, 6) is -1.65. The SMILES string of the molecule is CC(=O)C(CCO)C(C(C)=O)C(C)O. The van der Waals surface area contributed by atoms with Crippen molar-refractivity contribution < 1.29 is 19.8 Å². The summed E-state index contributed by atoms with van der Waals surface area (Å²) in [5, 5.41) is 18.1. The van der Waals surface area contributed by atoms with Gasteiger partial charge in [0.05, 0.1) is 12.0 Å². The third-order valence-electron chi connectivity index (χ3n) is 2.38. The molecule has 0 rings (SSSR count). The van der Waals surface area contributed by atoms with Crippen molar-refractivity contribution in [2.75, 3.05) is 6.61 Å². The van der Waals surface area contributed by atoms with Gasteiger partial charge in [0.1, 0.15) is 11.6 Å². The topological polar surface area (TPSA) is 74.6 Å². The van der Waals surface area contributed by atoms with Crippen LogP contribution in [0.25, 0.3) is 0 Å². The molecule has 2 N–H and O–H groups in total. The molecule has 0 heterocycles. The van der Waals surface area contributed by atoms with Crippen LogP contribution in [0.15, 0.2) is 0 Å². The van der Waals surface area contributed by atoms with Crippen molar-refractivity contribution in [1.29, 1.82) is 0 Å². The Labute approximate surface area is 83.9 Å². The molecular formula is C10H18O4. The Hall–Kier alpha value is -0.740. The number of aliphatic hydroxyl groups is 2. The van der Waals surface area contributed by atoms with E-state index < -0.39 is 17.9 Å². The zero-order valence-electron chi connectivity index (χ0n) is 8.86. The van der Waals surface area contributed by atoms with E-state index in [4.69, 9.17) is 5.11 Å². The summed E-state index contributed by atoms with van der Waals surface area (Å²) in [6, 6.07) is 0. The standard InChI is InChI=1S/C10H18O4/c1-6(12)9(4-5-11)10(7(2)13)8(3)14/h7,9-11,13H,4-5H2,1-3H3. The molecule has 0 radical (unpaired) electrons. The van der Waals surface area contributed by atoms with Crippen LogP contribution in [-0.2, 0) is 9.59 Å². The van der Waals surface area contributed by atoms with Crippen molar-refractivity contribution in [1.82, 2.24) is 0 Å². The number of hydrogen-bond donors (Lipinski definition) is 2. The van der Waals surface area contributed by atoms with Crippen molar-refractivity contribution in [2.45, 2.75) is 33.3 Å². The Morgan fingerprint density at radius 1 is 1.21 bits per heavy atom. The first-order valence-corrected chi connectivity index (χ1v) is 4.71. The number of rotatable bonds is 6. The van der Waals surface area contributed by atoms with Crippen LogP contribution in [0.4, 0.5) is 0 Å². The van der Waals surface area contributed by atoms with E-state index in [1.54, 1.807) is 0 Å². The average Bonchev–Trinajstić information content (AvgIpc) is 2.01. The molecule has 0 spiro atoms. The minimum absolute atomic E-state index is 0.152.